The Balaban J connectivity index is 1.90. The first-order valence-electron chi connectivity index (χ1n) is 6.89. The minimum atomic E-state index is -0.0107. The van der Waals surface area contributed by atoms with Gasteiger partial charge in [0.2, 0.25) is 11.8 Å². The molecule has 0 saturated heterocycles. The molecule has 1 aliphatic rings. The lowest BCUT2D eigenvalue weighted by molar-refractivity contribution is -0.129. The number of thiocarbonyl (C=S) groups is 1. The fourth-order valence-electron chi connectivity index (χ4n) is 2.36. The van der Waals surface area contributed by atoms with E-state index in [2.05, 4.69) is 0 Å². The molecule has 0 atom stereocenters. The summed E-state index contributed by atoms with van der Waals surface area (Å²) in [5.74, 6) is 0.0400. The number of carbonyl (C=O) groups excluding carboxylic acids is 2. The molecule has 21 heavy (non-hydrogen) atoms. The molecule has 1 aromatic carbocycles. The zero-order chi connectivity index (χ0) is 15.4. The summed E-state index contributed by atoms with van der Waals surface area (Å²) >= 11 is 4.80. The Kier molecular flexibility index (Phi) is 4.90. The molecule has 0 aliphatic carbocycles. The van der Waals surface area contributed by atoms with Crippen LogP contribution in [0.5, 0.6) is 0 Å². The third kappa shape index (κ3) is 3.78. The lowest BCUT2D eigenvalue weighted by atomic mass is 10.2. The van der Waals surface area contributed by atoms with E-state index in [-0.39, 0.29) is 11.8 Å². The number of anilines is 1. The summed E-state index contributed by atoms with van der Waals surface area (Å²) < 4.78 is 0. The van der Waals surface area contributed by atoms with Crippen LogP contribution >= 0.6 is 12.2 Å². The van der Waals surface area contributed by atoms with Gasteiger partial charge in [0.05, 0.1) is 11.4 Å². The summed E-state index contributed by atoms with van der Waals surface area (Å²) in [5, 5.41) is 0. The molecule has 2 amide bonds. The number of nitrogens with two attached hydrogens (primary N) is 1. The second kappa shape index (κ2) is 6.67. The van der Waals surface area contributed by atoms with Crippen molar-refractivity contribution in [1.82, 2.24) is 4.90 Å². The highest BCUT2D eigenvalue weighted by Gasteiger charge is 2.27. The van der Waals surface area contributed by atoms with E-state index in [1.54, 1.807) is 16.8 Å². The van der Waals surface area contributed by atoms with E-state index in [1.807, 2.05) is 24.3 Å². The first-order valence-corrected chi connectivity index (χ1v) is 7.30. The third-order valence-corrected chi connectivity index (χ3v) is 3.80. The second-order valence-corrected chi connectivity index (χ2v) is 5.66. The quantitative estimate of drug-likeness (QED) is 0.799. The van der Waals surface area contributed by atoms with Crippen LogP contribution in [0, 0.1) is 0 Å². The monoisotopic (exact) mass is 305 g/mol. The number of carbonyl (C=O) groups is 2. The van der Waals surface area contributed by atoms with E-state index in [1.165, 1.54) is 0 Å². The Morgan fingerprint density at radius 3 is 2.81 bits per heavy atom. The van der Waals surface area contributed by atoms with Crippen LogP contribution in [-0.2, 0) is 16.0 Å². The van der Waals surface area contributed by atoms with Crippen molar-refractivity contribution in [2.24, 2.45) is 5.73 Å². The zero-order valence-corrected chi connectivity index (χ0v) is 12.9. The largest absolute Gasteiger partial charge is 0.393 e. The normalized spacial score (nSPS) is 13.2. The molecule has 0 fully saturated rings. The van der Waals surface area contributed by atoms with Gasteiger partial charge < -0.3 is 15.5 Å². The van der Waals surface area contributed by atoms with Gasteiger partial charge in [0, 0.05) is 38.7 Å². The van der Waals surface area contributed by atoms with Gasteiger partial charge in [-0.3, -0.25) is 9.59 Å². The topological polar surface area (TPSA) is 66.6 Å². The number of hydrogen-bond acceptors (Lipinski definition) is 3. The Morgan fingerprint density at radius 2 is 2.10 bits per heavy atom. The molecule has 0 bridgehead atoms. The molecule has 0 spiro atoms. The predicted molar refractivity (Wildman–Crippen MR) is 86.2 cm³/mol. The first-order chi connectivity index (χ1) is 9.99. The Bertz CT molecular complexity index is 574. The van der Waals surface area contributed by atoms with Crippen molar-refractivity contribution >= 4 is 34.7 Å². The fraction of sp³-hybridized carbons (Fsp3) is 0.400. The highest BCUT2D eigenvalue weighted by Crippen LogP contribution is 2.28. The molecule has 6 heteroatoms. The number of para-hydroxylation sites is 1. The Labute approximate surface area is 129 Å². The maximum absolute atomic E-state index is 12.0. The molecule has 0 radical (unpaired) electrons. The molecular weight excluding hydrogens is 286 g/mol. The molecule has 2 rings (SSSR count). The van der Waals surface area contributed by atoms with E-state index in [9.17, 15) is 9.59 Å². The number of benzene rings is 1. The van der Waals surface area contributed by atoms with Gasteiger partial charge in [-0.15, -0.1) is 0 Å². The van der Waals surface area contributed by atoms with E-state index in [0.29, 0.717) is 37.3 Å². The number of fused-ring (bicyclic) bond motifs is 1. The van der Waals surface area contributed by atoms with Gasteiger partial charge in [-0.25, -0.2) is 0 Å². The summed E-state index contributed by atoms with van der Waals surface area (Å²) in [6, 6.07) is 7.69. The first kappa shape index (κ1) is 15.4. The van der Waals surface area contributed by atoms with Crippen molar-refractivity contribution in [3.8, 4) is 0 Å². The summed E-state index contributed by atoms with van der Waals surface area (Å²) in [6.45, 7) is 0.921. The van der Waals surface area contributed by atoms with E-state index in [4.69, 9.17) is 18.0 Å². The molecule has 1 aromatic rings. The Hall–Kier alpha value is -1.95. The van der Waals surface area contributed by atoms with Gasteiger partial charge in [-0.2, -0.15) is 0 Å². The van der Waals surface area contributed by atoms with Crippen molar-refractivity contribution in [1.29, 1.82) is 0 Å². The lowest BCUT2D eigenvalue weighted by Gasteiger charge is -2.20. The van der Waals surface area contributed by atoms with Gasteiger partial charge in [-0.05, 0) is 11.6 Å². The van der Waals surface area contributed by atoms with Gasteiger partial charge in [-0.1, -0.05) is 30.4 Å². The maximum Gasteiger partial charge on any atom is 0.231 e. The van der Waals surface area contributed by atoms with Crippen LogP contribution in [0.1, 0.15) is 18.4 Å². The summed E-state index contributed by atoms with van der Waals surface area (Å²) in [5.41, 5.74) is 7.37. The summed E-state index contributed by atoms with van der Waals surface area (Å²) in [6.07, 6.45) is 1.23. The third-order valence-electron chi connectivity index (χ3n) is 3.59. The standard InChI is InChI=1S/C15H19N3O2S/c1-17(8-6-13(16)21)14(19)7-9-18-12-5-3-2-4-11(12)10-15(18)20/h2-5H,6-10H2,1H3,(H2,16,21). The molecule has 0 unspecified atom stereocenters. The van der Waals surface area contributed by atoms with Crippen LogP contribution in [0.15, 0.2) is 24.3 Å². The zero-order valence-electron chi connectivity index (χ0n) is 12.0. The molecule has 0 aromatic heterocycles. The number of amides is 2. The maximum atomic E-state index is 12.0. The smallest absolute Gasteiger partial charge is 0.231 e. The number of nitrogens with zero attached hydrogens (tertiary/aromatic N) is 2. The van der Waals surface area contributed by atoms with Crippen LogP contribution in [0.3, 0.4) is 0 Å². The van der Waals surface area contributed by atoms with E-state index in [0.717, 1.165) is 11.3 Å². The minimum Gasteiger partial charge on any atom is -0.393 e. The average Bonchev–Trinajstić information content (AvgIpc) is 2.77. The molecule has 5 nitrogen and oxygen atoms in total. The molecular formula is C15H19N3O2S. The van der Waals surface area contributed by atoms with Crippen LogP contribution in [0.2, 0.25) is 0 Å². The van der Waals surface area contributed by atoms with Gasteiger partial charge >= 0.3 is 0 Å². The van der Waals surface area contributed by atoms with Crippen LogP contribution in [0.4, 0.5) is 5.69 Å². The molecule has 112 valence electrons. The molecule has 1 heterocycles. The summed E-state index contributed by atoms with van der Waals surface area (Å²) in [7, 11) is 1.72. The van der Waals surface area contributed by atoms with Gasteiger partial charge in [0.1, 0.15) is 0 Å². The highest BCUT2D eigenvalue weighted by atomic mass is 32.1. The van der Waals surface area contributed by atoms with Crippen LogP contribution in [0.25, 0.3) is 0 Å². The van der Waals surface area contributed by atoms with E-state index >= 15 is 0 Å². The highest BCUT2D eigenvalue weighted by molar-refractivity contribution is 7.80. The van der Waals surface area contributed by atoms with Crippen molar-refractivity contribution in [3.63, 3.8) is 0 Å². The molecule has 2 N–H and O–H groups in total. The second-order valence-electron chi connectivity index (χ2n) is 5.13. The van der Waals surface area contributed by atoms with E-state index < -0.39 is 0 Å². The predicted octanol–water partition coefficient (Wildman–Crippen LogP) is 1.10. The van der Waals surface area contributed by atoms with Gasteiger partial charge in [0.25, 0.3) is 0 Å². The Morgan fingerprint density at radius 1 is 1.38 bits per heavy atom. The van der Waals surface area contributed by atoms with Gasteiger partial charge in [0.15, 0.2) is 0 Å². The minimum absolute atomic E-state index is 0.0107. The molecule has 0 saturated carbocycles. The van der Waals surface area contributed by atoms with Crippen molar-refractivity contribution in [2.75, 3.05) is 25.0 Å². The fourth-order valence-corrected chi connectivity index (χ4v) is 2.45. The number of hydrogen-bond donors (Lipinski definition) is 1. The summed E-state index contributed by atoms with van der Waals surface area (Å²) in [4.78, 5) is 27.7. The van der Waals surface area contributed by atoms with Crippen molar-refractivity contribution in [3.05, 3.63) is 29.8 Å². The molecule has 1 aliphatic heterocycles. The average molecular weight is 305 g/mol. The van der Waals surface area contributed by atoms with Crippen molar-refractivity contribution in [2.45, 2.75) is 19.3 Å². The van der Waals surface area contributed by atoms with Crippen LogP contribution in [-0.4, -0.2) is 41.8 Å². The lowest BCUT2D eigenvalue weighted by Crippen LogP contribution is -2.35. The van der Waals surface area contributed by atoms with Crippen LogP contribution < -0.4 is 10.6 Å². The number of rotatable bonds is 6. The van der Waals surface area contributed by atoms with Crippen molar-refractivity contribution < 1.29 is 9.59 Å². The SMILES string of the molecule is CN(CCC(N)=S)C(=O)CCN1C(=O)Cc2ccccc21.